The van der Waals surface area contributed by atoms with Crippen LogP contribution in [0.5, 0.6) is 11.5 Å². The van der Waals surface area contributed by atoms with Crippen molar-refractivity contribution in [2.75, 3.05) is 20.2 Å². The molecule has 2 N–H and O–H groups in total. The van der Waals surface area contributed by atoms with Crippen LogP contribution in [0.4, 0.5) is 0 Å². The highest BCUT2D eigenvalue weighted by Crippen LogP contribution is 2.32. The zero-order valence-corrected chi connectivity index (χ0v) is 15.3. The Labute approximate surface area is 153 Å². The van der Waals surface area contributed by atoms with Crippen molar-refractivity contribution in [3.63, 3.8) is 0 Å². The van der Waals surface area contributed by atoms with Crippen molar-refractivity contribution < 1.29 is 9.84 Å². The molecule has 0 spiro atoms. The van der Waals surface area contributed by atoms with Gasteiger partial charge in [-0.2, -0.15) is 0 Å². The first kappa shape index (κ1) is 18.2. The number of rotatable bonds is 5. The molecule has 1 aromatic heterocycles. The van der Waals surface area contributed by atoms with Crippen LogP contribution in [0.25, 0.3) is 0 Å². The summed E-state index contributed by atoms with van der Waals surface area (Å²) in [5, 5.41) is 10.2. The maximum Gasteiger partial charge on any atom is 0.254 e. The lowest BCUT2D eigenvalue weighted by Crippen LogP contribution is -2.26. The fourth-order valence-electron chi connectivity index (χ4n) is 3.48. The van der Waals surface area contributed by atoms with Crippen LogP contribution in [-0.4, -0.2) is 40.2 Å². The Hall–Kier alpha value is -2.60. The summed E-state index contributed by atoms with van der Waals surface area (Å²) < 4.78 is 5.31. The molecule has 1 aliphatic heterocycles. The summed E-state index contributed by atoms with van der Waals surface area (Å²) in [6.45, 7) is 7.92. The van der Waals surface area contributed by atoms with Crippen LogP contribution >= 0.6 is 0 Å². The van der Waals surface area contributed by atoms with Crippen LogP contribution in [0.2, 0.25) is 0 Å². The van der Waals surface area contributed by atoms with E-state index in [1.807, 2.05) is 19.1 Å². The zero-order valence-electron chi connectivity index (χ0n) is 15.3. The molecule has 0 bridgehead atoms. The Morgan fingerprint density at radius 2 is 2.15 bits per heavy atom. The smallest absolute Gasteiger partial charge is 0.254 e. The van der Waals surface area contributed by atoms with Gasteiger partial charge in [0.2, 0.25) is 0 Å². The summed E-state index contributed by atoms with van der Waals surface area (Å²) in [6.07, 6.45) is 3.79. The van der Waals surface area contributed by atoms with Crippen LogP contribution in [0.3, 0.4) is 0 Å². The lowest BCUT2D eigenvalue weighted by Gasteiger charge is -2.21. The number of phenolic OH excluding ortho intramolecular Hbond substituents is 1. The predicted molar refractivity (Wildman–Crippen MR) is 101 cm³/mol. The van der Waals surface area contributed by atoms with E-state index in [9.17, 15) is 9.90 Å². The van der Waals surface area contributed by atoms with Crippen molar-refractivity contribution in [2.45, 2.75) is 32.7 Å². The van der Waals surface area contributed by atoms with Crippen LogP contribution < -0.4 is 10.3 Å². The number of nitrogens with zero attached hydrogens (tertiary/aromatic N) is 2. The molecule has 138 valence electrons. The molecule has 6 heteroatoms. The molecule has 0 radical (unpaired) electrons. The van der Waals surface area contributed by atoms with Gasteiger partial charge in [-0.3, -0.25) is 9.69 Å². The van der Waals surface area contributed by atoms with Crippen LogP contribution in [0.1, 0.15) is 28.2 Å². The summed E-state index contributed by atoms with van der Waals surface area (Å²) >= 11 is 0. The topological polar surface area (TPSA) is 78.5 Å². The van der Waals surface area contributed by atoms with Crippen molar-refractivity contribution in [3.05, 3.63) is 63.4 Å². The molecule has 6 nitrogen and oxygen atoms in total. The first-order chi connectivity index (χ1) is 12.5. The number of fused-ring (bicyclic) bond motifs is 1. The molecule has 0 unspecified atom stereocenters. The number of aryl methyl sites for hydroxylation is 1. The number of hydrogen-bond donors (Lipinski definition) is 2. The Morgan fingerprint density at radius 1 is 1.38 bits per heavy atom. The lowest BCUT2D eigenvalue weighted by molar-refractivity contribution is 0.278. The number of allylic oxidation sites excluding steroid dienone is 1. The van der Waals surface area contributed by atoms with Gasteiger partial charge in [0.25, 0.3) is 5.56 Å². The van der Waals surface area contributed by atoms with E-state index in [-0.39, 0.29) is 11.3 Å². The van der Waals surface area contributed by atoms with Gasteiger partial charge in [0.1, 0.15) is 5.82 Å². The van der Waals surface area contributed by atoms with Crippen molar-refractivity contribution in [1.82, 2.24) is 14.9 Å². The number of H-pyrrole nitrogens is 1. The molecule has 2 heterocycles. The molecular weight excluding hydrogens is 330 g/mol. The molecule has 0 amide bonds. The van der Waals surface area contributed by atoms with Gasteiger partial charge >= 0.3 is 0 Å². The molecule has 0 aliphatic carbocycles. The molecule has 0 atom stereocenters. The Balaban J connectivity index is 1.80. The molecule has 3 rings (SSSR count). The predicted octanol–water partition coefficient (Wildman–Crippen LogP) is 2.12. The first-order valence-electron chi connectivity index (χ1n) is 8.82. The van der Waals surface area contributed by atoms with E-state index in [0.29, 0.717) is 24.4 Å². The fraction of sp³-hybridized carbons (Fsp3) is 0.400. The molecule has 26 heavy (non-hydrogen) atoms. The number of aromatic hydroxyl groups is 1. The van der Waals surface area contributed by atoms with Crippen molar-refractivity contribution in [1.29, 1.82) is 0 Å². The average Bonchev–Trinajstić information content (AvgIpc) is 2.80. The van der Waals surface area contributed by atoms with Gasteiger partial charge in [0.15, 0.2) is 11.5 Å². The van der Waals surface area contributed by atoms with Crippen molar-refractivity contribution in [3.8, 4) is 11.5 Å². The van der Waals surface area contributed by atoms with Gasteiger partial charge < -0.3 is 14.8 Å². The number of nitrogens with one attached hydrogen (secondary N) is 1. The number of hydrogen-bond acceptors (Lipinski definition) is 5. The third-order valence-corrected chi connectivity index (χ3v) is 4.77. The molecule has 1 aromatic carbocycles. The van der Waals surface area contributed by atoms with Crippen molar-refractivity contribution in [2.24, 2.45) is 0 Å². The number of ether oxygens (including phenoxy) is 1. The summed E-state index contributed by atoms with van der Waals surface area (Å²) in [5.41, 5.74) is 3.56. The number of methoxy groups -OCH3 is 1. The van der Waals surface area contributed by atoms with Crippen LogP contribution in [0, 0.1) is 6.92 Å². The second-order valence-corrected chi connectivity index (χ2v) is 6.65. The molecule has 2 aromatic rings. The average molecular weight is 355 g/mol. The van der Waals surface area contributed by atoms with E-state index < -0.39 is 0 Å². The highest BCUT2D eigenvalue weighted by Gasteiger charge is 2.19. The lowest BCUT2D eigenvalue weighted by atomic mass is 10.1. The monoisotopic (exact) mass is 355 g/mol. The van der Waals surface area contributed by atoms with E-state index in [0.717, 1.165) is 48.4 Å². The molecule has 0 saturated carbocycles. The Morgan fingerprint density at radius 3 is 2.88 bits per heavy atom. The van der Waals surface area contributed by atoms with E-state index in [2.05, 4.69) is 21.4 Å². The second kappa shape index (κ2) is 7.74. The summed E-state index contributed by atoms with van der Waals surface area (Å²) in [5.74, 6) is 1.32. The van der Waals surface area contributed by atoms with Gasteiger partial charge in [0, 0.05) is 37.2 Å². The van der Waals surface area contributed by atoms with Gasteiger partial charge in [-0.05, 0) is 31.4 Å². The number of phenols is 1. The minimum absolute atomic E-state index is 0.0195. The highest BCUT2D eigenvalue weighted by atomic mass is 16.5. The maximum absolute atomic E-state index is 12.2. The normalized spacial score (nSPS) is 14.5. The fourth-order valence-corrected chi connectivity index (χ4v) is 3.48. The standard InChI is InChI=1S/C20H25N3O3/c1-4-5-15-10-14(11-18(26-3)19(15)24)12-23-8-6-16-17(7-9-23)21-13(2)22-20(16)25/h4,10-11,24H,1,5-9,12H2,2-3H3,(H,21,22,25). The summed E-state index contributed by atoms with van der Waals surface area (Å²) in [7, 11) is 1.55. The van der Waals surface area contributed by atoms with Crippen molar-refractivity contribution >= 4 is 0 Å². The van der Waals surface area contributed by atoms with Gasteiger partial charge in [0.05, 0.1) is 12.8 Å². The van der Waals surface area contributed by atoms with Crippen LogP contribution in [-0.2, 0) is 25.8 Å². The second-order valence-electron chi connectivity index (χ2n) is 6.65. The minimum Gasteiger partial charge on any atom is -0.504 e. The maximum atomic E-state index is 12.2. The zero-order chi connectivity index (χ0) is 18.7. The van der Waals surface area contributed by atoms with Gasteiger partial charge in [-0.1, -0.05) is 12.1 Å². The van der Waals surface area contributed by atoms with Gasteiger partial charge in [-0.15, -0.1) is 6.58 Å². The van der Waals surface area contributed by atoms with Crippen LogP contribution in [0.15, 0.2) is 29.6 Å². The molecule has 0 fully saturated rings. The van der Waals surface area contributed by atoms with E-state index >= 15 is 0 Å². The minimum atomic E-state index is -0.0195. The van der Waals surface area contributed by atoms with Gasteiger partial charge in [-0.25, -0.2) is 4.98 Å². The number of benzene rings is 1. The summed E-state index contributed by atoms with van der Waals surface area (Å²) in [6, 6.07) is 3.86. The molecule has 1 aliphatic rings. The highest BCUT2D eigenvalue weighted by molar-refractivity contribution is 5.49. The SMILES string of the molecule is C=CCc1cc(CN2CCc3nc(C)[nH]c(=O)c3CC2)cc(OC)c1O. The summed E-state index contributed by atoms with van der Waals surface area (Å²) in [4.78, 5) is 21.8. The molecule has 0 saturated heterocycles. The third-order valence-electron chi connectivity index (χ3n) is 4.77. The largest absolute Gasteiger partial charge is 0.504 e. The first-order valence-corrected chi connectivity index (χ1v) is 8.82. The number of aromatic nitrogens is 2. The van der Waals surface area contributed by atoms with E-state index in [4.69, 9.17) is 4.74 Å². The Kier molecular flexibility index (Phi) is 5.42. The molecular formula is C20H25N3O3. The third kappa shape index (κ3) is 3.80. The van der Waals surface area contributed by atoms with E-state index in [1.54, 1.807) is 13.2 Å². The Bertz CT molecular complexity index is 873. The number of aromatic amines is 1. The van der Waals surface area contributed by atoms with E-state index in [1.165, 1.54) is 0 Å². The quantitative estimate of drug-likeness (QED) is 0.804.